The molecule has 0 aromatic heterocycles. The molecule has 19 heteroatoms. The van der Waals surface area contributed by atoms with Crippen LogP contribution in [-0.2, 0) is 65.4 Å². The maximum Gasteiger partial charge on any atom is 0.472 e. The third-order valence-corrected chi connectivity index (χ3v) is 15.9. The van der Waals surface area contributed by atoms with Crippen LogP contribution in [0.4, 0.5) is 0 Å². The van der Waals surface area contributed by atoms with Crippen LogP contribution in [-0.4, -0.2) is 96.7 Å². The predicted molar refractivity (Wildman–Crippen MR) is 371 cm³/mol. The fourth-order valence-corrected chi connectivity index (χ4v) is 10.3. The van der Waals surface area contributed by atoms with Gasteiger partial charge in [0.25, 0.3) is 0 Å². The fourth-order valence-electron chi connectivity index (χ4n) is 8.68. The summed E-state index contributed by atoms with van der Waals surface area (Å²) in [6.07, 6.45) is 68.3. The molecule has 17 nitrogen and oxygen atoms in total. The van der Waals surface area contributed by atoms with Crippen molar-refractivity contribution >= 4 is 39.5 Å². The Morgan fingerprint density at radius 2 is 0.620 bits per heavy atom. The Balaban J connectivity index is 5.41. The molecule has 0 rings (SSSR count). The van der Waals surface area contributed by atoms with Crippen LogP contribution >= 0.6 is 15.6 Å². The average molecular weight is 1330 g/mol. The van der Waals surface area contributed by atoms with E-state index in [-0.39, 0.29) is 25.7 Å². The summed E-state index contributed by atoms with van der Waals surface area (Å²) in [5.41, 5.74) is 0. The number of aliphatic hydroxyl groups excluding tert-OH is 1. The molecule has 0 saturated carbocycles. The summed E-state index contributed by atoms with van der Waals surface area (Å²) in [6.45, 7) is 4.39. The van der Waals surface area contributed by atoms with Crippen LogP contribution in [0.3, 0.4) is 0 Å². The van der Waals surface area contributed by atoms with Gasteiger partial charge < -0.3 is 33.8 Å². The standard InChI is InChI=1S/C73H122O17P2/c1-5-9-13-17-21-25-29-31-33-35-39-41-45-49-53-57-70(75)83-63-68(89-72(77)59-55-51-47-43-37-27-23-19-15-11-7-3)65-87-91(79,80)85-61-67(74)62-86-92(81,82)88-66-69(90-73(78)60-56-52-48-44-38-28-24-20-16-12-8-4)64-84-71(76)58-54-50-46-42-40-36-34-32-30-26-22-18-14-10-6-2/h9-10,13-14,19,21-23,25-26,31-34,39-42,49,53,67-69,74H,5-8,11-12,15-18,20,24,27-30,35-38,43-48,50-52,54-66H2,1-4H3,(H,79,80)(H,81,82)/b13-9-,14-10-,23-19-,25-21-,26-22-,33-31-,34-32-,41-39-,42-40-,53-49-. The van der Waals surface area contributed by atoms with Crippen molar-refractivity contribution in [3.8, 4) is 0 Å². The number of ether oxygens (including phenoxy) is 4. The molecule has 0 aromatic rings. The van der Waals surface area contributed by atoms with Crippen LogP contribution in [0.1, 0.15) is 259 Å². The van der Waals surface area contributed by atoms with Crippen molar-refractivity contribution in [1.29, 1.82) is 0 Å². The fraction of sp³-hybridized carbons (Fsp3) is 0.671. The van der Waals surface area contributed by atoms with Crippen LogP contribution < -0.4 is 0 Å². The van der Waals surface area contributed by atoms with E-state index in [0.29, 0.717) is 25.7 Å². The number of aliphatic hydroxyl groups is 1. The van der Waals surface area contributed by atoms with Gasteiger partial charge in [-0.2, -0.15) is 0 Å². The molecule has 92 heavy (non-hydrogen) atoms. The maximum absolute atomic E-state index is 13.0. The largest absolute Gasteiger partial charge is 0.472 e. The molecule has 5 atom stereocenters. The molecule has 0 amide bonds. The molecule has 0 aliphatic rings. The Bertz CT molecular complexity index is 2230. The molecule has 0 saturated heterocycles. The summed E-state index contributed by atoms with van der Waals surface area (Å²) in [6, 6.07) is 0. The molecule has 0 aliphatic carbocycles. The monoisotopic (exact) mass is 1330 g/mol. The molecule has 0 aromatic carbocycles. The lowest BCUT2D eigenvalue weighted by atomic mass is 10.1. The van der Waals surface area contributed by atoms with Gasteiger partial charge in [0.2, 0.25) is 0 Å². The van der Waals surface area contributed by atoms with Gasteiger partial charge in [-0.3, -0.25) is 37.3 Å². The topological polar surface area (TPSA) is 237 Å². The predicted octanol–water partition coefficient (Wildman–Crippen LogP) is 19.2. The van der Waals surface area contributed by atoms with Gasteiger partial charge in [0, 0.05) is 19.3 Å². The second-order valence-electron chi connectivity index (χ2n) is 22.7. The Kier molecular flexibility index (Phi) is 61.9. The Morgan fingerprint density at radius 1 is 0.326 bits per heavy atom. The number of phosphoric ester groups is 2. The van der Waals surface area contributed by atoms with Gasteiger partial charge in [-0.1, -0.05) is 246 Å². The number of unbranched alkanes of at least 4 members (excludes halogenated alkanes) is 19. The number of esters is 4. The molecule has 0 fully saturated rings. The molecule has 526 valence electrons. The summed E-state index contributed by atoms with van der Waals surface area (Å²) >= 11 is 0. The van der Waals surface area contributed by atoms with E-state index >= 15 is 0 Å². The first-order chi connectivity index (χ1) is 44.7. The van der Waals surface area contributed by atoms with Gasteiger partial charge in [0.05, 0.1) is 32.8 Å². The molecular formula is C73H122O17P2. The minimum atomic E-state index is -4.99. The molecule has 0 radical (unpaired) electrons. The summed E-state index contributed by atoms with van der Waals surface area (Å²) in [5.74, 6) is -2.39. The first kappa shape index (κ1) is 87.5. The van der Waals surface area contributed by atoms with E-state index in [2.05, 4.69) is 125 Å². The van der Waals surface area contributed by atoms with Crippen molar-refractivity contribution in [2.24, 2.45) is 0 Å². The summed E-state index contributed by atoms with van der Waals surface area (Å²) < 4.78 is 68.0. The van der Waals surface area contributed by atoms with Crippen LogP contribution in [0.15, 0.2) is 122 Å². The highest BCUT2D eigenvalue weighted by Crippen LogP contribution is 2.45. The third kappa shape index (κ3) is 64.2. The second-order valence-corrected chi connectivity index (χ2v) is 25.6. The van der Waals surface area contributed by atoms with Gasteiger partial charge in [-0.15, -0.1) is 0 Å². The van der Waals surface area contributed by atoms with E-state index < -0.39 is 97.5 Å². The Hall–Kier alpha value is -4.54. The molecule has 0 bridgehead atoms. The van der Waals surface area contributed by atoms with Gasteiger partial charge in [-0.25, -0.2) is 9.13 Å². The number of carbonyl (C=O) groups is 4. The van der Waals surface area contributed by atoms with Crippen molar-refractivity contribution in [3.63, 3.8) is 0 Å². The van der Waals surface area contributed by atoms with Crippen LogP contribution in [0.2, 0.25) is 0 Å². The zero-order valence-electron chi connectivity index (χ0n) is 56.9. The zero-order chi connectivity index (χ0) is 67.5. The Labute approximate surface area is 555 Å². The van der Waals surface area contributed by atoms with Crippen molar-refractivity contribution in [3.05, 3.63) is 122 Å². The summed E-state index contributed by atoms with van der Waals surface area (Å²) in [5, 5.41) is 10.6. The van der Waals surface area contributed by atoms with E-state index in [9.17, 15) is 43.2 Å². The lowest BCUT2D eigenvalue weighted by Crippen LogP contribution is -2.30. The van der Waals surface area contributed by atoms with E-state index in [0.717, 1.165) is 128 Å². The van der Waals surface area contributed by atoms with Crippen molar-refractivity contribution < 1.29 is 80.2 Å². The van der Waals surface area contributed by atoms with E-state index in [4.69, 9.17) is 37.0 Å². The molecule has 0 spiro atoms. The van der Waals surface area contributed by atoms with Crippen LogP contribution in [0.5, 0.6) is 0 Å². The summed E-state index contributed by atoms with van der Waals surface area (Å²) in [7, 11) is -9.97. The SMILES string of the molecule is CC/C=C\C/C=C\C/C=C\C/C=C\C/C=C\CC(=O)OCC(COP(=O)(O)OCC(O)COP(=O)(O)OCC(COC(=O)CCCC/C=C\C/C=C\C/C=C\C/C=C\CC)OC(=O)CCCCCCCCCCCCC)OC(=O)CCCCCCC/C=C\CCCC. The van der Waals surface area contributed by atoms with E-state index in [1.54, 1.807) is 6.08 Å². The first-order valence-corrected chi connectivity index (χ1v) is 37.8. The maximum atomic E-state index is 13.0. The van der Waals surface area contributed by atoms with Crippen LogP contribution in [0, 0.1) is 0 Å². The minimum absolute atomic E-state index is 0.0622. The number of allylic oxidation sites excluding steroid dienone is 19. The average Bonchev–Trinajstić information content (AvgIpc) is 2.55. The van der Waals surface area contributed by atoms with Gasteiger partial charge >= 0.3 is 39.5 Å². The molecule has 3 N–H and O–H groups in total. The van der Waals surface area contributed by atoms with Crippen molar-refractivity contribution in [2.45, 2.75) is 277 Å². The minimum Gasteiger partial charge on any atom is -0.462 e. The number of hydrogen-bond acceptors (Lipinski definition) is 15. The number of phosphoric acid groups is 2. The number of rotatable bonds is 64. The number of carbonyl (C=O) groups excluding carboxylic acids is 4. The second kappa shape index (κ2) is 65.1. The van der Waals surface area contributed by atoms with E-state index in [1.165, 1.54) is 51.4 Å². The molecule has 5 unspecified atom stereocenters. The smallest absolute Gasteiger partial charge is 0.462 e. The molecular weight excluding hydrogens is 1210 g/mol. The van der Waals surface area contributed by atoms with Crippen LogP contribution in [0.25, 0.3) is 0 Å². The first-order valence-electron chi connectivity index (χ1n) is 34.8. The quantitative estimate of drug-likeness (QED) is 0.0169. The highest BCUT2D eigenvalue weighted by atomic mass is 31.2. The zero-order valence-corrected chi connectivity index (χ0v) is 58.7. The Morgan fingerprint density at radius 3 is 1.03 bits per heavy atom. The number of hydrogen-bond donors (Lipinski definition) is 3. The lowest BCUT2D eigenvalue weighted by Gasteiger charge is -2.21. The van der Waals surface area contributed by atoms with Crippen molar-refractivity contribution in [1.82, 2.24) is 0 Å². The lowest BCUT2D eigenvalue weighted by molar-refractivity contribution is -0.161. The van der Waals surface area contributed by atoms with E-state index in [1.807, 2.05) is 18.2 Å². The van der Waals surface area contributed by atoms with Crippen molar-refractivity contribution in [2.75, 3.05) is 39.6 Å². The van der Waals surface area contributed by atoms with Gasteiger partial charge in [-0.05, 0) is 109 Å². The van der Waals surface area contributed by atoms with Gasteiger partial charge in [0.1, 0.15) is 19.3 Å². The highest BCUT2D eigenvalue weighted by Gasteiger charge is 2.30. The van der Waals surface area contributed by atoms with Gasteiger partial charge in [0.15, 0.2) is 12.2 Å². The third-order valence-electron chi connectivity index (χ3n) is 14.0. The normalized spacial score (nSPS) is 14.8. The highest BCUT2D eigenvalue weighted by molar-refractivity contribution is 7.47. The molecule has 0 heterocycles. The molecule has 0 aliphatic heterocycles. The summed E-state index contributed by atoms with van der Waals surface area (Å²) in [4.78, 5) is 72.4.